The van der Waals surface area contributed by atoms with Gasteiger partial charge in [0.05, 0.1) is 0 Å². The van der Waals surface area contributed by atoms with E-state index in [1.165, 1.54) is 19.3 Å². The van der Waals surface area contributed by atoms with Gasteiger partial charge in [0.1, 0.15) is 0 Å². The number of benzene rings is 1. The maximum absolute atomic E-state index is 12.1. The van der Waals surface area contributed by atoms with E-state index in [4.69, 9.17) is 11.6 Å². The summed E-state index contributed by atoms with van der Waals surface area (Å²) in [6.45, 7) is 0.565. The van der Waals surface area contributed by atoms with Gasteiger partial charge in [0, 0.05) is 23.5 Å². The maximum atomic E-state index is 12.1. The van der Waals surface area contributed by atoms with Crippen LogP contribution in [-0.4, -0.2) is 18.5 Å². The van der Waals surface area contributed by atoms with E-state index in [1.54, 1.807) is 0 Å². The van der Waals surface area contributed by atoms with Gasteiger partial charge in [0.15, 0.2) is 0 Å². The predicted molar refractivity (Wildman–Crippen MR) is 82.8 cm³/mol. The summed E-state index contributed by atoms with van der Waals surface area (Å²) in [7, 11) is 1.97. The van der Waals surface area contributed by atoms with E-state index < -0.39 is 0 Å². The zero-order valence-corrected chi connectivity index (χ0v) is 12.8. The van der Waals surface area contributed by atoms with Crippen LogP contribution in [0.5, 0.6) is 0 Å². The largest absolute Gasteiger partial charge is 0.352 e. The van der Waals surface area contributed by atoms with Gasteiger partial charge in [-0.05, 0) is 37.6 Å². The fourth-order valence-corrected chi connectivity index (χ4v) is 3.04. The molecule has 0 spiro atoms. The number of carbonyl (C=O) groups excluding carboxylic acids is 1. The molecule has 20 heavy (non-hydrogen) atoms. The molecule has 0 heterocycles. The average molecular weight is 295 g/mol. The van der Waals surface area contributed by atoms with Crippen LogP contribution in [-0.2, 0) is 11.3 Å². The van der Waals surface area contributed by atoms with E-state index in [0.29, 0.717) is 13.0 Å². The van der Waals surface area contributed by atoms with E-state index in [0.717, 1.165) is 23.4 Å². The Labute approximate surface area is 126 Å². The van der Waals surface area contributed by atoms with Crippen molar-refractivity contribution in [3.63, 3.8) is 0 Å². The van der Waals surface area contributed by atoms with Gasteiger partial charge in [-0.2, -0.15) is 0 Å². The molecule has 110 valence electrons. The summed E-state index contributed by atoms with van der Waals surface area (Å²) in [6, 6.07) is 7.58. The SMILES string of the molecule is CNC1(CC(=O)NCc2ccc(Cl)cc2)CCCCC1. The van der Waals surface area contributed by atoms with Crippen molar-refractivity contribution in [2.24, 2.45) is 0 Å². The summed E-state index contributed by atoms with van der Waals surface area (Å²) in [6.07, 6.45) is 6.47. The summed E-state index contributed by atoms with van der Waals surface area (Å²) in [5, 5.41) is 7.10. The number of rotatable bonds is 5. The van der Waals surface area contributed by atoms with Crippen LogP contribution in [0.2, 0.25) is 5.02 Å². The second-order valence-electron chi connectivity index (χ2n) is 5.67. The standard InChI is InChI=1S/C16H23ClN2O/c1-18-16(9-3-2-4-10-16)11-15(20)19-12-13-5-7-14(17)8-6-13/h5-8,18H,2-4,9-12H2,1H3,(H,19,20). The molecule has 1 aromatic carbocycles. The lowest BCUT2D eigenvalue weighted by Crippen LogP contribution is -2.48. The van der Waals surface area contributed by atoms with Gasteiger partial charge in [-0.25, -0.2) is 0 Å². The van der Waals surface area contributed by atoms with E-state index in [9.17, 15) is 4.79 Å². The van der Waals surface area contributed by atoms with Crippen molar-refractivity contribution in [3.05, 3.63) is 34.9 Å². The van der Waals surface area contributed by atoms with Crippen LogP contribution < -0.4 is 10.6 Å². The van der Waals surface area contributed by atoms with Crippen molar-refractivity contribution < 1.29 is 4.79 Å². The first-order valence-electron chi connectivity index (χ1n) is 7.34. The molecule has 1 amide bonds. The van der Waals surface area contributed by atoms with Crippen LogP contribution in [0.15, 0.2) is 24.3 Å². The lowest BCUT2D eigenvalue weighted by molar-refractivity contribution is -0.123. The molecular formula is C16H23ClN2O. The van der Waals surface area contributed by atoms with E-state index in [1.807, 2.05) is 31.3 Å². The van der Waals surface area contributed by atoms with E-state index >= 15 is 0 Å². The van der Waals surface area contributed by atoms with Crippen LogP contribution in [0.3, 0.4) is 0 Å². The molecule has 0 bridgehead atoms. The third kappa shape index (κ3) is 4.22. The van der Waals surface area contributed by atoms with E-state index in [-0.39, 0.29) is 11.4 Å². The molecule has 0 aromatic heterocycles. The molecule has 0 atom stereocenters. The topological polar surface area (TPSA) is 41.1 Å². The Balaban J connectivity index is 1.83. The summed E-state index contributed by atoms with van der Waals surface area (Å²) >= 11 is 5.84. The van der Waals surface area contributed by atoms with Crippen molar-refractivity contribution in [1.82, 2.24) is 10.6 Å². The Morgan fingerprint density at radius 2 is 1.85 bits per heavy atom. The molecule has 1 fully saturated rings. The lowest BCUT2D eigenvalue weighted by Gasteiger charge is -2.36. The Morgan fingerprint density at radius 1 is 1.20 bits per heavy atom. The Hall–Kier alpha value is -1.06. The zero-order chi connectivity index (χ0) is 14.4. The lowest BCUT2D eigenvalue weighted by atomic mass is 9.79. The zero-order valence-electron chi connectivity index (χ0n) is 12.0. The molecule has 1 aromatic rings. The highest BCUT2D eigenvalue weighted by Crippen LogP contribution is 2.30. The average Bonchev–Trinajstić information content (AvgIpc) is 2.47. The number of nitrogens with one attached hydrogen (secondary N) is 2. The van der Waals surface area contributed by atoms with Crippen LogP contribution >= 0.6 is 11.6 Å². The first-order chi connectivity index (χ1) is 9.63. The molecule has 3 nitrogen and oxygen atoms in total. The second kappa shape index (κ2) is 7.09. The Kier molecular flexibility index (Phi) is 5.44. The van der Waals surface area contributed by atoms with Crippen molar-refractivity contribution in [2.75, 3.05) is 7.05 Å². The molecule has 2 rings (SSSR count). The van der Waals surface area contributed by atoms with Gasteiger partial charge in [0.25, 0.3) is 0 Å². The number of carbonyl (C=O) groups is 1. The van der Waals surface area contributed by atoms with Crippen LogP contribution in [0.1, 0.15) is 44.1 Å². The molecule has 0 aliphatic heterocycles. The third-order valence-electron chi connectivity index (χ3n) is 4.24. The van der Waals surface area contributed by atoms with Crippen LogP contribution in [0, 0.1) is 0 Å². The van der Waals surface area contributed by atoms with Gasteiger partial charge >= 0.3 is 0 Å². The summed E-state index contributed by atoms with van der Waals surface area (Å²) in [5.74, 6) is 0.121. The number of hydrogen-bond acceptors (Lipinski definition) is 2. The fourth-order valence-electron chi connectivity index (χ4n) is 2.92. The number of amides is 1. The van der Waals surface area contributed by atoms with Crippen molar-refractivity contribution in [1.29, 1.82) is 0 Å². The summed E-state index contributed by atoms with van der Waals surface area (Å²) in [4.78, 5) is 12.1. The number of halogens is 1. The van der Waals surface area contributed by atoms with Gasteiger partial charge in [-0.3, -0.25) is 4.79 Å². The molecule has 1 aliphatic rings. The minimum Gasteiger partial charge on any atom is -0.352 e. The monoisotopic (exact) mass is 294 g/mol. The number of hydrogen-bond donors (Lipinski definition) is 2. The molecule has 0 saturated heterocycles. The fraction of sp³-hybridized carbons (Fsp3) is 0.562. The molecule has 0 radical (unpaired) electrons. The predicted octanol–water partition coefficient (Wildman–Crippen LogP) is 3.27. The smallest absolute Gasteiger partial charge is 0.222 e. The minimum atomic E-state index is 0.00231. The van der Waals surface area contributed by atoms with Crippen LogP contribution in [0.4, 0.5) is 0 Å². The first-order valence-corrected chi connectivity index (χ1v) is 7.71. The molecule has 1 saturated carbocycles. The molecule has 0 unspecified atom stereocenters. The summed E-state index contributed by atoms with van der Waals surface area (Å²) < 4.78 is 0. The normalized spacial score (nSPS) is 17.7. The van der Waals surface area contributed by atoms with Crippen molar-refractivity contribution in [3.8, 4) is 0 Å². The maximum Gasteiger partial charge on any atom is 0.222 e. The highest BCUT2D eigenvalue weighted by atomic mass is 35.5. The minimum absolute atomic E-state index is 0.00231. The van der Waals surface area contributed by atoms with Gasteiger partial charge in [-0.1, -0.05) is 43.0 Å². The molecule has 1 aliphatic carbocycles. The Morgan fingerprint density at radius 3 is 2.45 bits per heavy atom. The summed E-state index contributed by atoms with van der Waals surface area (Å²) in [5.41, 5.74) is 1.08. The van der Waals surface area contributed by atoms with Crippen molar-refractivity contribution >= 4 is 17.5 Å². The Bertz CT molecular complexity index is 438. The van der Waals surface area contributed by atoms with Crippen molar-refractivity contribution in [2.45, 2.75) is 50.6 Å². The highest BCUT2D eigenvalue weighted by Gasteiger charge is 2.32. The quantitative estimate of drug-likeness (QED) is 0.875. The third-order valence-corrected chi connectivity index (χ3v) is 4.49. The molecule has 2 N–H and O–H groups in total. The van der Waals surface area contributed by atoms with Crippen LogP contribution in [0.25, 0.3) is 0 Å². The first kappa shape index (κ1) is 15.3. The molecule has 4 heteroatoms. The highest BCUT2D eigenvalue weighted by molar-refractivity contribution is 6.30. The van der Waals surface area contributed by atoms with E-state index in [2.05, 4.69) is 10.6 Å². The second-order valence-corrected chi connectivity index (χ2v) is 6.11. The van der Waals surface area contributed by atoms with Gasteiger partial charge in [0.2, 0.25) is 5.91 Å². The van der Waals surface area contributed by atoms with Gasteiger partial charge in [-0.15, -0.1) is 0 Å². The molecular weight excluding hydrogens is 272 g/mol. The van der Waals surface area contributed by atoms with Gasteiger partial charge < -0.3 is 10.6 Å².